The number of hydrogen-bond acceptors (Lipinski definition) is 3. The van der Waals surface area contributed by atoms with Crippen molar-refractivity contribution in [3.8, 4) is 0 Å². The van der Waals surface area contributed by atoms with Crippen LogP contribution in [0.15, 0.2) is 0 Å². The van der Waals surface area contributed by atoms with Crippen molar-refractivity contribution in [2.75, 3.05) is 32.8 Å². The van der Waals surface area contributed by atoms with Gasteiger partial charge in [0.15, 0.2) is 0 Å². The Bertz CT molecular complexity index is 264. The van der Waals surface area contributed by atoms with E-state index < -0.39 is 12.2 Å². The molecule has 2 aliphatic rings. The lowest BCUT2D eigenvalue weighted by molar-refractivity contribution is -0.179. The molecule has 100 valence electrons. The molecule has 1 atom stereocenters. The predicted molar refractivity (Wildman–Crippen MR) is 57.6 cm³/mol. The standard InChI is InChI=1S/C11H19F3N2O/c12-11(13,14)9(7-15)16-4-1-10(8-16)2-5-17-6-3-10/h9H,1-8,15H2. The number of ether oxygens (including phenoxy) is 1. The molecule has 0 aliphatic carbocycles. The Kier molecular flexibility index (Phi) is 3.66. The summed E-state index contributed by atoms with van der Waals surface area (Å²) in [7, 11) is 0. The summed E-state index contributed by atoms with van der Waals surface area (Å²) in [5.74, 6) is 0. The monoisotopic (exact) mass is 252 g/mol. The van der Waals surface area contributed by atoms with Gasteiger partial charge in [-0.05, 0) is 31.2 Å². The first-order valence-corrected chi connectivity index (χ1v) is 6.05. The van der Waals surface area contributed by atoms with Crippen molar-refractivity contribution in [2.45, 2.75) is 31.5 Å². The third kappa shape index (κ3) is 2.74. The van der Waals surface area contributed by atoms with Crippen molar-refractivity contribution in [2.24, 2.45) is 11.1 Å². The van der Waals surface area contributed by atoms with Crippen molar-refractivity contribution >= 4 is 0 Å². The van der Waals surface area contributed by atoms with Gasteiger partial charge in [0.25, 0.3) is 0 Å². The Morgan fingerprint density at radius 2 is 1.88 bits per heavy atom. The highest BCUT2D eigenvalue weighted by molar-refractivity contribution is 4.95. The number of rotatable bonds is 2. The number of likely N-dealkylation sites (tertiary alicyclic amines) is 1. The van der Waals surface area contributed by atoms with Gasteiger partial charge in [-0.3, -0.25) is 4.90 Å². The molecule has 0 amide bonds. The van der Waals surface area contributed by atoms with Crippen LogP contribution in [-0.2, 0) is 4.74 Å². The average Bonchev–Trinajstić information content (AvgIpc) is 2.62. The van der Waals surface area contributed by atoms with Crippen LogP contribution in [0.4, 0.5) is 13.2 Å². The van der Waals surface area contributed by atoms with Crippen LogP contribution in [0, 0.1) is 5.41 Å². The van der Waals surface area contributed by atoms with E-state index >= 15 is 0 Å². The fourth-order valence-corrected chi connectivity index (χ4v) is 2.94. The van der Waals surface area contributed by atoms with E-state index in [1.54, 1.807) is 0 Å². The largest absolute Gasteiger partial charge is 0.405 e. The second-order valence-corrected chi connectivity index (χ2v) is 5.13. The van der Waals surface area contributed by atoms with E-state index in [-0.39, 0.29) is 12.0 Å². The molecule has 2 N–H and O–H groups in total. The topological polar surface area (TPSA) is 38.5 Å². The van der Waals surface area contributed by atoms with E-state index in [0.29, 0.717) is 26.3 Å². The van der Waals surface area contributed by atoms with E-state index in [1.807, 2.05) is 0 Å². The second-order valence-electron chi connectivity index (χ2n) is 5.13. The molecule has 1 unspecified atom stereocenters. The Morgan fingerprint density at radius 1 is 1.24 bits per heavy atom. The minimum Gasteiger partial charge on any atom is -0.381 e. The maximum absolute atomic E-state index is 12.8. The molecule has 0 aromatic heterocycles. The molecule has 1 spiro atoms. The van der Waals surface area contributed by atoms with Gasteiger partial charge in [-0.2, -0.15) is 13.2 Å². The van der Waals surface area contributed by atoms with Crippen LogP contribution in [0.25, 0.3) is 0 Å². The number of nitrogens with two attached hydrogens (primary N) is 1. The van der Waals surface area contributed by atoms with Crippen molar-refractivity contribution < 1.29 is 17.9 Å². The van der Waals surface area contributed by atoms with Crippen LogP contribution >= 0.6 is 0 Å². The Labute approximate surface area is 99.1 Å². The molecule has 3 nitrogen and oxygen atoms in total. The Balaban J connectivity index is 2.00. The molecule has 2 heterocycles. The molecular formula is C11H19F3N2O. The molecule has 2 rings (SSSR count). The van der Waals surface area contributed by atoms with Gasteiger partial charge in [-0.25, -0.2) is 0 Å². The smallest absolute Gasteiger partial charge is 0.381 e. The summed E-state index contributed by atoms with van der Waals surface area (Å²) >= 11 is 0. The summed E-state index contributed by atoms with van der Waals surface area (Å²) in [6.45, 7) is 2.01. The van der Waals surface area contributed by atoms with Gasteiger partial charge in [-0.1, -0.05) is 0 Å². The maximum atomic E-state index is 12.8. The number of halogens is 3. The van der Waals surface area contributed by atoms with Crippen molar-refractivity contribution in [3.05, 3.63) is 0 Å². The Hall–Kier alpha value is -0.330. The molecule has 2 fully saturated rings. The highest BCUT2D eigenvalue weighted by atomic mass is 19.4. The highest BCUT2D eigenvalue weighted by Gasteiger charge is 2.48. The quantitative estimate of drug-likeness (QED) is 0.807. The van der Waals surface area contributed by atoms with Gasteiger partial charge in [0.1, 0.15) is 6.04 Å². The lowest BCUT2D eigenvalue weighted by atomic mass is 9.80. The number of alkyl halides is 3. The molecule has 2 saturated heterocycles. The summed E-state index contributed by atoms with van der Waals surface area (Å²) in [6.07, 6.45) is -1.63. The van der Waals surface area contributed by atoms with Crippen LogP contribution in [0.1, 0.15) is 19.3 Å². The van der Waals surface area contributed by atoms with Gasteiger partial charge >= 0.3 is 6.18 Å². The van der Waals surface area contributed by atoms with Crippen molar-refractivity contribution in [1.29, 1.82) is 0 Å². The Morgan fingerprint density at radius 3 is 2.41 bits per heavy atom. The molecule has 6 heteroatoms. The molecule has 0 radical (unpaired) electrons. The lowest BCUT2D eigenvalue weighted by Gasteiger charge is -2.35. The summed E-state index contributed by atoms with van der Waals surface area (Å²) in [5.41, 5.74) is 5.31. The number of nitrogens with zero attached hydrogens (tertiary/aromatic N) is 1. The zero-order valence-electron chi connectivity index (χ0n) is 9.80. The molecule has 0 bridgehead atoms. The normalized spacial score (nSPS) is 27.5. The van der Waals surface area contributed by atoms with Crippen LogP contribution < -0.4 is 5.73 Å². The molecule has 0 aromatic carbocycles. The third-order valence-corrected chi connectivity index (χ3v) is 4.06. The second kappa shape index (κ2) is 4.74. The van der Waals surface area contributed by atoms with Gasteiger partial charge in [0.2, 0.25) is 0 Å². The number of hydrogen-bond donors (Lipinski definition) is 1. The summed E-state index contributed by atoms with van der Waals surface area (Å²) < 4.78 is 43.6. The van der Waals surface area contributed by atoms with Crippen LogP contribution in [0.2, 0.25) is 0 Å². The summed E-state index contributed by atoms with van der Waals surface area (Å²) in [4.78, 5) is 1.51. The first-order valence-electron chi connectivity index (χ1n) is 6.05. The van der Waals surface area contributed by atoms with E-state index in [4.69, 9.17) is 10.5 Å². The molecule has 0 aromatic rings. The van der Waals surface area contributed by atoms with Crippen LogP contribution in [0.3, 0.4) is 0 Å². The van der Waals surface area contributed by atoms with E-state index in [9.17, 15) is 13.2 Å². The minimum absolute atomic E-state index is 0.0386. The minimum atomic E-state index is -4.22. The molecule has 17 heavy (non-hydrogen) atoms. The third-order valence-electron chi connectivity index (χ3n) is 4.06. The van der Waals surface area contributed by atoms with Crippen molar-refractivity contribution in [3.63, 3.8) is 0 Å². The molecule has 0 saturated carbocycles. The first kappa shape index (κ1) is 13.1. The molecular weight excluding hydrogens is 233 g/mol. The van der Waals surface area contributed by atoms with Crippen LogP contribution in [0.5, 0.6) is 0 Å². The van der Waals surface area contributed by atoms with Gasteiger partial charge in [0, 0.05) is 26.3 Å². The highest BCUT2D eigenvalue weighted by Crippen LogP contribution is 2.41. The lowest BCUT2D eigenvalue weighted by Crippen LogP contribution is -2.50. The van der Waals surface area contributed by atoms with Gasteiger partial charge in [0.05, 0.1) is 0 Å². The fraction of sp³-hybridized carbons (Fsp3) is 1.00. The first-order chi connectivity index (χ1) is 7.97. The maximum Gasteiger partial charge on any atom is 0.405 e. The van der Waals surface area contributed by atoms with E-state index in [1.165, 1.54) is 4.90 Å². The fourth-order valence-electron chi connectivity index (χ4n) is 2.94. The summed E-state index contributed by atoms with van der Waals surface area (Å²) in [6, 6.07) is -1.48. The van der Waals surface area contributed by atoms with Gasteiger partial charge < -0.3 is 10.5 Å². The zero-order valence-corrected chi connectivity index (χ0v) is 9.80. The van der Waals surface area contributed by atoms with Crippen LogP contribution in [-0.4, -0.2) is 50.0 Å². The van der Waals surface area contributed by atoms with E-state index in [2.05, 4.69) is 0 Å². The van der Waals surface area contributed by atoms with E-state index in [0.717, 1.165) is 19.3 Å². The predicted octanol–water partition coefficient (Wildman–Crippen LogP) is 1.38. The molecule has 2 aliphatic heterocycles. The zero-order chi connectivity index (χ0) is 12.5. The van der Waals surface area contributed by atoms with Gasteiger partial charge in [-0.15, -0.1) is 0 Å². The summed E-state index contributed by atoms with van der Waals surface area (Å²) in [5, 5.41) is 0. The average molecular weight is 252 g/mol. The SMILES string of the molecule is NCC(N1CCC2(CCOCC2)C1)C(F)(F)F. The van der Waals surface area contributed by atoms with Crippen molar-refractivity contribution in [1.82, 2.24) is 4.90 Å².